The van der Waals surface area contributed by atoms with Crippen molar-refractivity contribution in [2.45, 2.75) is 45.2 Å². The van der Waals surface area contributed by atoms with Crippen LogP contribution in [-0.2, 0) is 22.4 Å². The fourth-order valence-corrected chi connectivity index (χ4v) is 4.70. The maximum Gasteiger partial charge on any atom is 0.181 e. The maximum absolute atomic E-state index is 9.95. The van der Waals surface area contributed by atoms with Crippen LogP contribution in [-0.4, -0.2) is 84.5 Å². The Labute approximate surface area is 195 Å². The number of fused-ring (bicyclic) bond motifs is 1. The first-order valence-electron chi connectivity index (χ1n) is 12.0. The van der Waals surface area contributed by atoms with Crippen LogP contribution in [0, 0.1) is 0 Å². The van der Waals surface area contributed by atoms with E-state index in [0.29, 0.717) is 19.2 Å². The van der Waals surface area contributed by atoms with Crippen LogP contribution in [0.25, 0.3) is 11.4 Å². The van der Waals surface area contributed by atoms with Crippen molar-refractivity contribution >= 4 is 11.5 Å². The average molecular weight is 455 g/mol. The number of ether oxygens (including phenoxy) is 2. The Morgan fingerprint density at radius 1 is 1.12 bits per heavy atom. The molecule has 3 N–H and O–H groups in total. The van der Waals surface area contributed by atoms with E-state index in [1.807, 2.05) is 31.2 Å². The van der Waals surface area contributed by atoms with Crippen molar-refractivity contribution < 1.29 is 14.6 Å². The molecule has 0 bridgehead atoms. The van der Waals surface area contributed by atoms with Gasteiger partial charge in [0.1, 0.15) is 5.82 Å². The largest absolute Gasteiger partial charge is 0.378 e. The molecule has 178 valence electrons. The van der Waals surface area contributed by atoms with Gasteiger partial charge in [-0.2, -0.15) is 0 Å². The normalized spacial score (nSPS) is 22.5. The molecule has 4 heterocycles. The second-order valence-corrected chi connectivity index (χ2v) is 9.01. The topological polar surface area (TPSA) is 95.0 Å². The number of hydrogen-bond acceptors (Lipinski definition) is 9. The molecule has 0 radical (unpaired) electrons. The van der Waals surface area contributed by atoms with Gasteiger partial charge in [-0.25, -0.2) is 9.97 Å². The second kappa shape index (κ2) is 9.90. The number of aliphatic hydroxyl groups is 1. The van der Waals surface area contributed by atoms with Gasteiger partial charge in [0.05, 0.1) is 44.2 Å². The number of hydrogen-bond donors (Lipinski definition) is 3. The minimum atomic E-state index is -0.781. The summed E-state index contributed by atoms with van der Waals surface area (Å²) in [4.78, 5) is 15.0. The molecule has 3 aliphatic heterocycles. The van der Waals surface area contributed by atoms with Gasteiger partial charge in [0, 0.05) is 36.4 Å². The summed E-state index contributed by atoms with van der Waals surface area (Å²) < 4.78 is 11.1. The van der Waals surface area contributed by atoms with Gasteiger partial charge < -0.3 is 24.8 Å². The zero-order valence-corrected chi connectivity index (χ0v) is 19.5. The molecular weight excluding hydrogens is 420 g/mol. The van der Waals surface area contributed by atoms with Gasteiger partial charge >= 0.3 is 0 Å². The standard InChI is InChI=1S/C24H34N6O3/c1-3-25-24(31)26-18-6-4-17(5-7-18)22-27-21-12-29(19-14-33-15-19)9-8-20(21)23(28-22)30-10-11-32-13-16(30)2/h4-7,16,19,24-26,31H,3,8-15H2,1-2H3. The maximum atomic E-state index is 9.95. The van der Waals surface area contributed by atoms with Gasteiger partial charge in [-0.15, -0.1) is 0 Å². The third-order valence-corrected chi connectivity index (χ3v) is 6.69. The first-order chi connectivity index (χ1) is 16.1. The summed E-state index contributed by atoms with van der Waals surface area (Å²) in [6, 6.07) is 8.70. The Balaban J connectivity index is 1.46. The first-order valence-corrected chi connectivity index (χ1v) is 12.0. The summed E-state index contributed by atoms with van der Waals surface area (Å²) in [6.07, 6.45) is 0.174. The number of anilines is 2. The van der Waals surface area contributed by atoms with Crippen LogP contribution in [0.15, 0.2) is 24.3 Å². The summed E-state index contributed by atoms with van der Waals surface area (Å²) in [5, 5.41) is 15.9. The van der Waals surface area contributed by atoms with Crippen molar-refractivity contribution in [2.75, 3.05) is 56.3 Å². The van der Waals surface area contributed by atoms with Crippen molar-refractivity contribution in [1.29, 1.82) is 0 Å². The van der Waals surface area contributed by atoms with Crippen molar-refractivity contribution in [3.8, 4) is 11.4 Å². The molecule has 2 fully saturated rings. The van der Waals surface area contributed by atoms with E-state index in [2.05, 4.69) is 27.4 Å². The monoisotopic (exact) mass is 454 g/mol. The fourth-order valence-electron chi connectivity index (χ4n) is 4.70. The lowest BCUT2D eigenvalue weighted by atomic mass is 10.0. The van der Waals surface area contributed by atoms with E-state index in [1.54, 1.807) is 0 Å². The van der Waals surface area contributed by atoms with Crippen LogP contribution >= 0.6 is 0 Å². The summed E-state index contributed by atoms with van der Waals surface area (Å²) in [5.41, 5.74) is 4.20. The van der Waals surface area contributed by atoms with Crippen LogP contribution < -0.4 is 15.5 Å². The van der Waals surface area contributed by atoms with E-state index in [9.17, 15) is 5.11 Å². The van der Waals surface area contributed by atoms with Crippen LogP contribution in [0.5, 0.6) is 0 Å². The van der Waals surface area contributed by atoms with Crippen LogP contribution in [0.4, 0.5) is 11.5 Å². The molecule has 2 atom stereocenters. The SMILES string of the molecule is CCNC(O)Nc1ccc(-c2nc3c(c(N4CCOCC4C)n2)CCN(C2COC2)C3)cc1. The zero-order chi connectivity index (χ0) is 22.8. The molecule has 9 nitrogen and oxygen atoms in total. The molecule has 2 unspecified atom stereocenters. The molecule has 5 rings (SSSR count). The lowest BCUT2D eigenvalue weighted by molar-refractivity contribution is -0.0699. The molecule has 2 saturated heterocycles. The number of rotatable bonds is 7. The Morgan fingerprint density at radius 3 is 2.64 bits per heavy atom. The van der Waals surface area contributed by atoms with E-state index in [0.717, 1.165) is 74.5 Å². The molecule has 1 aromatic carbocycles. The third kappa shape index (κ3) is 4.83. The number of benzene rings is 1. The molecule has 0 spiro atoms. The Bertz CT molecular complexity index is 952. The number of nitrogens with one attached hydrogen (secondary N) is 2. The lowest BCUT2D eigenvalue weighted by Gasteiger charge is -2.41. The number of aromatic nitrogens is 2. The molecule has 9 heteroatoms. The fraction of sp³-hybridized carbons (Fsp3) is 0.583. The molecule has 3 aliphatic rings. The highest BCUT2D eigenvalue weighted by Gasteiger charge is 2.33. The van der Waals surface area contributed by atoms with Gasteiger partial charge in [0.2, 0.25) is 0 Å². The zero-order valence-electron chi connectivity index (χ0n) is 19.5. The van der Waals surface area contributed by atoms with Crippen LogP contribution in [0.2, 0.25) is 0 Å². The van der Waals surface area contributed by atoms with Crippen molar-refractivity contribution in [1.82, 2.24) is 20.2 Å². The van der Waals surface area contributed by atoms with Crippen molar-refractivity contribution in [3.63, 3.8) is 0 Å². The molecule has 33 heavy (non-hydrogen) atoms. The quantitative estimate of drug-likeness (QED) is 0.537. The first kappa shape index (κ1) is 22.5. The van der Waals surface area contributed by atoms with Crippen LogP contribution in [0.1, 0.15) is 25.1 Å². The molecule has 2 aromatic rings. The van der Waals surface area contributed by atoms with E-state index < -0.39 is 6.35 Å². The molecule has 0 aliphatic carbocycles. The predicted molar refractivity (Wildman–Crippen MR) is 127 cm³/mol. The second-order valence-electron chi connectivity index (χ2n) is 9.01. The van der Waals surface area contributed by atoms with E-state index in [1.165, 1.54) is 5.56 Å². The molecule has 0 amide bonds. The summed E-state index contributed by atoms with van der Waals surface area (Å²) in [5.74, 6) is 1.80. The van der Waals surface area contributed by atoms with Crippen molar-refractivity contribution in [3.05, 3.63) is 35.5 Å². The number of nitrogens with zero attached hydrogens (tertiary/aromatic N) is 4. The Morgan fingerprint density at radius 2 is 1.94 bits per heavy atom. The van der Waals surface area contributed by atoms with Gasteiger partial charge in [-0.05, 0) is 44.2 Å². The number of morpholine rings is 1. The van der Waals surface area contributed by atoms with E-state index >= 15 is 0 Å². The highest BCUT2D eigenvalue weighted by atomic mass is 16.5. The minimum absolute atomic E-state index is 0.280. The van der Waals surface area contributed by atoms with Gasteiger partial charge in [0.15, 0.2) is 12.2 Å². The smallest absolute Gasteiger partial charge is 0.181 e. The average Bonchev–Trinajstić information content (AvgIpc) is 2.78. The summed E-state index contributed by atoms with van der Waals surface area (Å²) >= 11 is 0. The number of aliphatic hydroxyl groups excluding tert-OH is 1. The lowest BCUT2D eigenvalue weighted by Crippen LogP contribution is -2.51. The molecule has 1 aromatic heterocycles. The highest BCUT2D eigenvalue weighted by Crippen LogP contribution is 2.32. The summed E-state index contributed by atoms with van der Waals surface area (Å²) in [6.45, 7) is 10.6. The van der Waals surface area contributed by atoms with Crippen molar-refractivity contribution in [2.24, 2.45) is 0 Å². The Hall–Kier alpha value is -2.30. The predicted octanol–water partition coefficient (Wildman–Crippen LogP) is 1.42. The minimum Gasteiger partial charge on any atom is -0.378 e. The van der Waals surface area contributed by atoms with Gasteiger partial charge in [-0.1, -0.05) is 6.92 Å². The third-order valence-electron chi connectivity index (χ3n) is 6.69. The van der Waals surface area contributed by atoms with Gasteiger partial charge in [0.25, 0.3) is 0 Å². The highest BCUT2D eigenvalue weighted by molar-refractivity contribution is 5.64. The summed E-state index contributed by atoms with van der Waals surface area (Å²) in [7, 11) is 0. The van der Waals surface area contributed by atoms with E-state index in [4.69, 9.17) is 19.4 Å². The molecular formula is C24H34N6O3. The van der Waals surface area contributed by atoms with Gasteiger partial charge in [-0.3, -0.25) is 10.2 Å². The molecule has 0 saturated carbocycles. The van der Waals surface area contributed by atoms with Crippen LogP contribution in [0.3, 0.4) is 0 Å². The Kier molecular flexibility index (Phi) is 6.75. The van der Waals surface area contributed by atoms with E-state index in [-0.39, 0.29) is 6.04 Å².